The Morgan fingerprint density at radius 2 is 2.62 bits per heavy atom. The molecule has 1 aliphatic heterocycles. The topological polar surface area (TPSA) is 39.1 Å². The molecule has 0 aliphatic carbocycles. The van der Waals surface area contributed by atoms with Crippen LogP contribution in [0.4, 0.5) is 5.82 Å². The zero-order chi connectivity index (χ0) is 11.2. The Morgan fingerprint density at radius 1 is 1.69 bits per heavy atom. The first kappa shape index (κ1) is 11.8. The van der Waals surface area contributed by atoms with Crippen LogP contribution in [0.3, 0.4) is 0 Å². The minimum atomic E-state index is 0.604. The van der Waals surface area contributed by atoms with Crippen LogP contribution in [0.2, 0.25) is 0 Å². The minimum Gasteiger partial charge on any atom is -0.385 e. The van der Waals surface area contributed by atoms with E-state index < -0.39 is 0 Å². The normalized spacial score (nSPS) is 20.2. The molecule has 1 N–H and O–H groups in total. The van der Waals surface area contributed by atoms with Gasteiger partial charge in [-0.15, -0.1) is 0 Å². The van der Waals surface area contributed by atoms with Crippen molar-refractivity contribution in [3.05, 3.63) is 12.3 Å². The van der Waals surface area contributed by atoms with Crippen LogP contribution in [0.5, 0.6) is 0 Å². The molecule has 0 amide bonds. The summed E-state index contributed by atoms with van der Waals surface area (Å²) in [4.78, 5) is 0. The summed E-state index contributed by atoms with van der Waals surface area (Å²) in [5.74, 6) is 3.48. The van der Waals surface area contributed by atoms with E-state index in [1.54, 1.807) is 7.11 Å². The molecule has 0 unspecified atom stereocenters. The van der Waals surface area contributed by atoms with Crippen molar-refractivity contribution < 1.29 is 4.74 Å². The number of methoxy groups -OCH3 is 1. The van der Waals surface area contributed by atoms with E-state index >= 15 is 0 Å². The number of nitrogens with zero attached hydrogens (tertiary/aromatic N) is 2. The number of aromatic nitrogens is 2. The number of hydrogen-bond acceptors (Lipinski definition) is 4. The predicted octanol–water partition coefficient (Wildman–Crippen LogP) is 1.84. The number of rotatable bonds is 6. The predicted molar refractivity (Wildman–Crippen MR) is 68.1 cm³/mol. The van der Waals surface area contributed by atoms with Crippen molar-refractivity contribution in [1.82, 2.24) is 9.78 Å². The monoisotopic (exact) mass is 241 g/mol. The van der Waals surface area contributed by atoms with Gasteiger partial charge >= 0.3 is 0 Å². The molecule has 1 aromatic rings. The van der Waals surface area contributed by atoms with Gasteiger partial charge in [0.15, 0.2) is 0 Å². The molecule has 1 fully saturated rings. The summed E-state index contributed by atoms with van der Waals surface area (Å²) in [6.07, 6.45) is 4.29. The van der Waals surface area contributed by atoms with Gasteiger partial charge in [0.1, 0.15) is 5.82 Å². The number of aryl methyl sites for hydroxylation is 1. The molecule has 5 heteroatoms. The molecule has 0 aromatic carbocycles. The zero-order valence-corrected chi connectivity index (χ0v) is 10.5. The lowest BCUT2D eigenvalue weighted by molar-refractivity contribution is 0.189. The third-order valence-electron chi connectivity index (χ3n) is 2.66. The van der Waals surface area contributed by atoms with Gasteiger partial charge in [0.2, 0.25) is 0 Å². The fourth-order valence-electron chi connectivity index (χ4n) is 1.79. The van der Waals surface area contributed by atoms with Gasteiger partial charge in [-0.1, -0.05) is 0 Å². The van der Waals surface area contributed by atoms with Gasteiger partial charge in [0.05, 0.1) is 0 Å². The number of nitrogens with one attached hydrogen (secondary N) is 1. The molecule has 4 nitrogen and oxygen atoms in total. The molecule has 1 atom stereocenters. The summed E-state index contributed by atoms with van der Waals surface area (Å²) in [5.41, 5.74) is 0. The van der Waals surface area contributed by atoms with Crippen molar-refractivity contribution in [1.29, 1.82) is 0 Å². The SMILES string of the molecule is COCCCn1ccc(N[C@H]2CCSC2)n1. The fraction of sp³-hybridized carbons (Fsp3) is 0.727. The van der Waals surface area contributed by atoms with Crippen LogP contribution in [-0.2, 0) is 11.3 Å². The van der Waals surface area contributed by atoms with Crippen molar-refractivity contribution in [3.8, 4) is 0 Å². The Morgan fingerprint density at radius 3 is 3.38 bits per heavy atom. The van der Waals surface area contributed by atoms with Crippen LogP contribution in [-0.4, -0.2) is 41.0 Å². The van der Waals surface area contributed by atoms with E-state index in [1.165, 1.54) is 17.9 Å². The van der Waals surface area contributed by atoms with E-state index in [0.717, 1.165) is 25.4 Å². The molecule has 2 heterocycles. The summed E-state index contributed by atoms with van der Waals surface area (Å²) in [6.45, 7) is 1.72. The summed E-state index contributed by atoms with van der Waals surface area (Å²) < 4.78 is 6.99. The van der Waals surface area contributed by atoms with Crippen LogP contribution in [0.1, 0.15) is 12.8 Å². The molecule has 16 heavy (non-hydrogen) atoms. The Balaban J connectivity index is 1.77. The molecule has 0 radical (unpaired) electrons. The first-order valence-electron chi connectivity index (χ1n) is 5.75. The fourth-order valence-corrected chi connectivity index (χ4v) is 2.94. The minimum absolute atomic E-state index is 0.604. The number of hydrogen-bond donors (Lipinski definition) is 1. The second-order valence-electron chi connectivity index (χ2n) is 4.02. The van der Waals surface area contributed by atoms with E-state index in [1.807, 2.05) is 22.6 Å². The van der Waals surface area contributed by atoms with Crippen molar-refractivity contribution in [2.24, 2.45) is 0 Å². The first-order chi connectivity index (χ1) is 7.88. The number of anilines is 1. The van der Waals surface area contributed by atoms with Crippen molar-refractivity contribution in [3.63, 3.8) is 0 Å². The highest BCUT2D eigenvalue weighted by molar-refractivity contribution is 7.99. The smallest absolute Gasteiger partial charge is 0.148 e. The summed E-state index contributed by atoms with van der Waals surface area (Å²) in [5, 5.41) is 7.95. The highest BCUT2D eigenvalue weighted by atomic mass is 32.2. The van der Waals surface area contributed by atoms with Gasteiger partial charge in [-0.2, -0.15) is 16.9 Å². The Labute approximate surface area is 101 Å². The Kier molecular flexibility index (Phi) is 4.54. The van der Waals surface area contributed by atoms with Crippen LogP contribution >= 0.6 is 11.8 Å². The molecular formula is C11H19N3OS. The highest BCUT2D eigenvalue weighted by Gasteiger charge is 2.15. The van der Waals surface area contributed by atoms with Crippen molar-refractivity contribution in [2.75, 3.05) is 30.5 Å². The maximum atomic E-state index is 5.02. The molecule has 90 valence electrons. The summed E-state index contributed by atoms with van der Waals surface area (Å²) in [7, 11) is 1.73. The van der Waals surface area contributed by atoms with Gasteiger partial charge in [-0.25, -0.2) is 0 Å². The molecule has 2 rings (SSSR count). The third-order valence-corrected chi connectivity index (χ3v) is 3.82. The molecule has 0 bridgehead atoms. The van der Waals surface area contributed by atoms with E-state index in [2.05, 4.69) is 16.5 Å². The molecule has 0 saturated carbocycles. The van der Waals surface area contributed by atoms with Crippen LogP contribution in [0.15, 0.2) is 12.3 Å². The van der Waals surface area contributed by atoms with Gasteiger partial charge in [0, 0.05) is 44.3 Å². The molecule has 0 spiro atoms. The average Bonchev–Trinajstić information content (AvgIpc) is 2.91. The second-order valence-corrected chi connectivity index (χ2v) is 5.17. The van der Waals surface area contributed by atoms with Gasteiger partial charge in [-0.3, -0.25) is 4.68 Å². The molecular weight excluding hydrogens is 222 g/mol. The van der Waals surface area contributed by atoms with Gasteiger partial charge in [-0.05, 0) is 18.6 Å². The molecule has 1 aliphatic rings. The lowest BCUT2D eigenvalue weighted by Crippen LogP contribution is -2.18. The second kappa shape index (κ2) is 6.15. The van der Waals surface area contributed by atoms with Gasteiger partial charge in [0.25, 0.3) is 0 Å². The lowest BCUT2D eigenvalue weighted by Gasteiger charge is -2.09. The Bertz CT molecular complexity index is 310. The maximum Gasteiger partial charge on any atom is 0.148 e. The van der Waals surface area contributed by atoms with Crippen molar-refractivity contribution >= 4 is 17.6 Å². The quantitative estimate of drug-likeness (QED) is 0.771. The Hall–Kier alpha value is -0.680. The van der Waals surface area contributed by atoms with Crippen LogP contribution < -0.4 is 5.32 Å². The number of ether oxygens (including phenoxy) is 1. The molecule has 1 saturated heterocycles. The zero-order valence-electron chi connectivity index (χ0n) is 9.69. The van der Waals surface area contributed by atoms with Crippen molar-refractivity contribution in [2.45, 2.75) is 25.4 Å². The first-order valence-corrected chi connectivity index (χ1v) is 6.90. The summed E-state index contributed by atoms with van der Waals surface area (Å²) >= 11 is 2.01. The highest BCUT2D eigenvalue weighted by Crippen LogP contribution is 2.20. The largest absolute Gasteiger partial charge is 0.385 e. The average molecular weight is 241 g/mol. The van der Waals surface area contributed by atoms with E-state index in [9.17, 15) is 0 Å². The van der Waals surface area contributed by atoms with E-state index in [4.69, 9.17) is 4.74 Å². The van der Waals surface area contributed by atoms with Gasteiger partial charge < -0.3 is 10.1 Å². The lowest BCUT2D eigenvalue weighted by atomic mass is 10.3. The van der Waals surface area contributed by atoms with E-state index in [0.29, 0.717) is 6.04 Å². The number of thioether (sulfide) groups is 1. The summed E-state index contributed by atoms with van der Waals surface area (Å²) in [6, 6.07) is 2.66. The van der Waals surface area contributed by atoms with Crippen LogP contribution in [0.25, 0.3) is 0 Å². The standard InChI is InChI=1S/C11H19N3OS/c1-15-7-2-5-14-6-3-11(13-14)12-10-4-8-16-9-10/h3,6,10H,2,4-5,7-9H2,1H3,(H,12,13)/t10-/m0/s1. The third kappa shape index (κ3) is 3.42. The molecule has 1 aromatic heterocycles. The maximum absolute atomic E-state index is 5.02. The van der Waals surface area contributed by atoms with E-state index in [-0.39, 0.29) is 0 Å². The van der Waals surface area contributed by atoms with Crippen LogP contribution in [0, 0.1) is 0 Å².